The van der Waals surface area contributed by atoms with Crippen molar-refractivity contribution in [2.75, 3.05) is 18.6 Å². The van der Waals surface area contributed by atoms with Gasteiger partial charge in [-0.15, -0.1) is 23.5 Å². The summed E-state index contributed by atoms with van der Waals surface area (Å²) in [5, 5.41) is 0. The number of rotatable bonds is 11. The lowest BCUT2D eigenvalue weighted by molar-refractivity contribution is -0.144. The number of carbonyl (C=O) groups is 1. The standard InChI is InChI=1S/C18H27BrO2S2/c1-4-6-7-14(5-2)13-21-18(20)8-9-23-17-11-15(19)10-16(12-17)22-3/h10-12,14H,4-9,13H2,1-3H3. The van der Waals surface area contributed by atoms with Gasteiger partial charge in [-0.25, -0.2) is 0 Å². The number of hydrogen-bond donors (Lipinski definition) is 0. The van der Waals surface area contributed by atoms with Crippen molar-refractivity contribution in [2.45, 2.75) is 55.7 Å². The first-order chi connectivity index (χ1) is 11.1. The Morgan fingerprint density at radius 2 is 2.00 bits per heavy atom. The molecule has 0 radical (unpaired) electrons. The maximum atomic E-state index is 11.9. The van der Waals surface area contributed by atoms with Gasteiger partial charge in [0.15, 0.2) is 0 Å². The van der Waals surface area contributed by atoms with Gasteiger partial charge in [-0.05, 0) is 36.8 Å². The minimum atomic E-state index is -0.0764. The monoisotopic (exact) mass is 418 g/mol. The average Bonchev–Trinajstić information content (AvgIpc) is 2.54. The van der Waals surface area contributed by atoms with E-state index in [1.54, 1.807) is 23.5 Å². The Bertz CT molecular complexity index is 480. The van der Waals surface area contributed by atoms with Crippen LogP contribution in [0.2, 0.25) is 0 Å². The van der Waals surface area contributed by atoms with Crippen LogP contribution in [0.1, 0.15) is 46.0 Å². The molecule has 0 amide bonds. The van der Waals surface area contributed by atoms with Crippen LogP contribution in [0.25, 0.3) is 0 Å². The molecule has 5 heteroatoms. The van der Waals surface area contributed by atoms with Gasteiger partial charge in [0.2, 0.25) is 0 Å². The van der Waals surface area contributed by atoms with E-state index in [1.165, 1.54) is 22.6 Å². The third kappa shape index (κ3) is 9.06. The normalized spacial score (nSPS) is 12.2. The van der Waals surface area contributed by atoms with Crippen molar-refractivity contribution >= 4 is 45.4 Å². The molecule has 0 bridgehead atoms. The summed E-state index contributed by atoms with van der Waals surface area (Å²) in [6, 6.07) is 6.35. The molecule has 1 unspecified atom stereocenters. The first kappa shape index (κ1) is 20.9. The van der Waals surface area contributed by atoms with E-state index in [1.807, 2.05) is 0 Å². The van der Waals surface area contributed by atoms with Crippen molar-refractivity contribution < 1.29 is 9.53 Å². The number of halogens is 1. The van der Waals surface area contributed by atoms with E-state index in [2.05, 4.69) is 54.2 Å². The highest BCUT2D eigenvalue weighted by Gasteiger charge is 2.10. The molecule has 0 aliphatic heterocycles. The molecule has 0 N–H and O–H groups in total. The molecule has 1 aromatic carbocycles. The van der Waals surface area contributed by atoms with Crippen molar-refractivity contribution in [1.29, 1.82) is 0 Å². The minimum Gasteiger partial charge on any atom is -0.465 e. The number of hydrogen-bond acceptors (Lipinski definition) is 4. The number of ether oxygens (including phenoxy) is 1. The molecule has 0 fully saturated rings. The van der Waals surface area contributed by atoms with Crippen molar-refractivity contribution in [3.63, 3.8) is 0 Å². The zero-order chi connectivity index (χ0) is 17.1. The van der Waals surface area contributed by atoms with E-state index in [4.69, 9.17) is 4.74 Å². The molecule has 1 rings (SSSR count). The maximum absolute atomic E-state index is 11.9. The number of thioether (sulfide) groups is 2. The molecule has 0 aliphatic carbocycles. The molecule has 0 aromatic heterocycles. The third-order valence-electron chi connectivity index (χ3n) is 3.68. The van der Waals surface area contributed by atoms with E-state index >= 15 is 0 Å². The van der Waals surface area contributed by atoms with Crippen LogP contribution < -0.4 is 0 Å². The van der Waals surface area contributed by atoms with Crippen LogP contribution in [-0.2, 0) is 9.53 Å². The largest absolute Gasteiger partial charge is 0.465 e. The molecule has 2 nitrogen and oxygen atoms in total. The Balaban J connectivity index is 2.29. The second-order valence-corrected chi connectivity index (χ2v) is 8.49. The molecule has 0 spiro atoms. The van der Waals surface area contributed by atoms with E-state index < -0.39 is 0 Å². The lowest BCUT2D eigenvalue weighted by atomic mass is 10.0. The van der Waals surface area contributed by atoms with Crippen molar-refractivity contribution in [3.8, 4) is 0 Å². The van der Waals surface area contributed by atoms with Gasteiger partial charge in [-0.3, -0.25) is 4.79 Å². The maximum Gasteiger partial charge on any atom is 0.306 e. The van der Waals surface area contributed by atoms with Crippen molar-refractivity contribution in [1.82, 2.24) is 0 Å². The Morgan fingerprint density at radius 3 is 2.65 bits per heavy atom. The van der Waals surface area contributed by atoms with Crippen LogP contribution in [-0.4, -0.2) is 24.6 Å². The lowest BCUT2D eigenvalue weighted by Gasteiger charge is -2.14. The van der Waals surface area contributed by atoms with Gasteiger partial charge in [0.25, 0.3) is 0 Å². The molecule has 23 heavy (non-hydrogen) atoms. The summed E-state index contributed by atoms with van der Waals surface area (Å²) in [6.07, 6.45) is 7.19. The Hall–Kier alpha value is -0.130. The van der Waals surface area contributed by atoms with Crippen LogP contribution in [0.3, 0.4) is 0 Å². The van der Waals surface area contributed by atoms with Crippen LogP contribution in [0.5, 0.6) is 0 Å². The number of unbranched alkanes of at least 4 members (excludes halogenated alkanes) is 1. The van der Waals surface area contributed by atoms with Gasteiger partial charge in [0, 0.05) is 20.0 Å². The molecule has 1 atom stereocenters. The lowest BCUT2D eigenvalue weighted by Crippen LogP contribution is -2.14. The number of esters is 1. The van der Waals surface area contributed by atoms with E-state index in [9.17, 15) is 4.79 Å². The first-order valence-corrected chi connectivity index (χ1v) is 11.2. The summed E-state index contributed by atoms with van der Waals surface area (Å²) in [5.41, 5.74) is 0. The molecule has 0 heterocycles. The highest BCUT2D eigenvalue weighted by Crippen LogP contribution is 2.28. The third-order valence-corrected chi connectivity index (χ3v) is 5.82. The Kier molecular flexibility index (Phi) is 11.2. The minimum absolute atomic E-state index is 0.0764. The molecule has 0 saturated carbocycles. The molecule has 0 aliphatic rings. The van der Waals surface area contributed by atoms with Crippen molar-refractivity contribution in [3.05, 3.63) is 22.7 Å². The topological polar surface area (TPSA) is 26.3 Å². The summed E-state index contributed by atoms with van der Waals surface area (Å²) < 4.78 is 6.51. The molecule has 1 aromatic rings. The summed E-state index contributed by atoms with van der Waals surface area (Å²) in [4.78, 5) is 14.3. The van der Waals surface area contributed by atoms with Crippen LogP contribution in [0, 0.1) is 5.92 Å². The number of benzene rings is 1. The Morgan fingerprint density at radius 1 is 1.26 bits per heavy atom. The van der Waals surface area contributed by atoms with Gasteiger partial charge in [-0.1, -0.05) is 49.0 Å². The molecular formula is C18H27BrO2S2. The molecule has 0 saturated heterocycles. The summed E-state index contributed by atoms with van der Waals surface area (Å²) in [5.74, 6) is 1.20. The van der Waals surface area contributed by atoms with Crippen molar-refractivity contribution in [2.24, 2.45) is 5.92 Å². The van der Waals surface area contributed by atoms with Crippen LogP contribution >= 0.6 is 39.5 Å². The zero-order valence-electron chi connectivity index (χ0n) is 14.3. The van der Waals surface area contributed by atoms with Gasteiger partial charge in [0.1, 0.15) is 0 Å². The second kappa shape index (κ2) is 12.3. The smallest absolute Gasteiger partial charge is 0.306 e. The summed E-state index contributed by atoms with van der Waals surface area (Å²) >= 11 is 6.95. The van der Waals surface area contributed by atoms with E-state index in [-0.39, 0.29) is 5.97 Å². The van der Waals surface area contributed by atoms with E-state index in [0.717, 1.165) is 23.1 Å². The van der Waals surface area contributed by atoms with Crippen LogP contribution in [0.15, 0.2) is 32.5 Å². The van der Waals surface area contributed by atoms with Gasteiger partial charge < -0.3 is 4.74 Å². The second-order valence-electron chi connectivity index (χ2n) is 5.52. The van der Waals surface area contributed by atoms with Crippen LogP contribution in [0.4, 0.5) is 0 Å². The first-order valence-electron chi connectivity index (χ1n) is 8.22. The summed E-state index contributed by atoms with van der Waals surface area (Å²) in [6.45, 7) is 4.94. The highest BCUT2D eigenvalue weighted by molar-refractivity contribution is 9.10. The fourth-order valence-corrected chi connectivity index (χ4v) is 4.46. The van der Waals surface area contributed by atoms with Gasteiger partial charge in [0.05, 0.1) is 13.0 Å². The molecule has 130 valence electrons. The van der Waals surface area contributed by atoms with E-state index in [0.29, 0.717) is 18.9 Å². The fraction of sp³-hybridized carbons (Fsp3) is 0.611. The van der Waals surface area contributed by atoms with Gasteiger partial charge >= 0.3 is 5.97 Å². The quantitative estimate of drug-likeness (QED) is 0.306. The number of carbonyl (C=O) groups excluding carboxylic acids is 1. The SMILES string of the molecule is CCCCC(CC)COC(=O)CCSc1cc(Br)cc(SC)c1. The highest BCUT2D eigenvalue weighted by atomic mass is 79.9. The fourth-order valence-electron chi connectivity index (χ4n) is 2.17. The molecular weight excluding hydrogens is 392 g/mol. The summed E-state index contributed by atoms with van der Waals surface area (Å²) in [7, 11) is 0. The predicted octanol–water partition coefficient (Wildman–Crippen LogP) is 6.41. The Labute approximate surface area is 157 Å². The average molecular weight is 419 g/mol. The predicted molar refractivity (Wildman–Crippen MR) is 106 cm³/mol. The van der Waals surface area contributed by atoms with Gasteiger partial charge in [-0.2, -0.15) is 0 Å². The zero-order valence-corrected chi connectivity index (χ0v) is 17.5.